The van der Waals surface area contributed by atoms with Crippen molar-refractivity contribution >= 4 is 11.8 Å². The summed E-state index contributed by atoms with van der Waals surface area (Å²) in [6.07, 6.45) is 4.26. The standard InChI is InChI=1S/C12H26N2S/c1-10(2)13-8-11(3)14-9-12-6-4-5-7-15-12/h10-14H,4-9H2,1-3H3. The fourth-order valence-electron chi connectivity index (χ4n) is 1.79. The molecule has 3 heteroatoms. The molecule has 90 valence electrons. The van der Waals surface area contributed by atoms with Gasteiger partial charge in [0.1, 0.15) is 0 Å². The van der Waals surface area contributed by atoms with Crippen LogP contribution in [0.1, 0.15) is 40.0 Å². The maximum Gasteiger partial charge on any atom is 0.0172 e. The van der Waals surface area contributed by atoms with Crippen LogP contribution in [-0.2, 0) is 0 Å². The Morgan fingerprint density at radius 1 is 1.20 bits per heavy atom. The second-order valence-corrected chi connectivity index (χ2v) is 6.27. The molecule has 15 heavy (non-hydrogen) atoms. The molecule has 0 radical (unpaired) electrons. The van der Waals surface area contributed by atoms with Gasteiger partial charge < -0.3 is 10.6 Å². The van der Waals surface area contributed by atoms with Crippen molar-refractivity contribution in [2.45, 2.75) is 57.4 Å². The van der Waals surface area contributed by atoms with Crippen molar-refractivity contribution < 1.29 is 0 Å². The molecular weight excluding hydrogens is 204 g/mol. The summed E-state index contributed by atoms with van der Waals surface area (Å²) in [6, 6.07) is 1.19. The van der Waals surface area contributed by atoms with Gasteiger partial charge >= 0.3 is 0 Å². The smallest absolute Gasteiger partial charge is 0.0172 e. The number of hydrogen-bond acceptors (Lipinski definition) is 3. The molecule has 0 aliphatic carbocycles. The quantitative estimate of drug-likeness (QED) is 0.732. The van der Waals surface area contributed by atoms with E-state index in [0.717, 1.165) is 11.8 Å². The number of nitrogens with one attached hydrogen (secondary N) is 2. The van der Waals surface area contributed by atoms with Gasteiger partial charge in [0.15, 0.2) is 0 Å². The fourth-order valence-corrected chi connectivity index (χ4v) is 3.04. The van der Waals surface area contributed by atoms with Crippen LogP contribution in [0.5, 0.6) is 0 Å². The molecule has 0 saturated carbocycles. The Balaban J connectivity index is 2.02. The van der Waals surface area contributed by atoms with Gasteiger partial charge in [-0.05, 0) is 25.5 Å². The molecule has 0 aromatic heterocycles. The molecule has 1 fully saturated rings. The number of hydrogen-bond donors (Lipinski definition) is 2. The maximum absolute atomic E-state index is 3.62. The Hall–Kier alpha value is 0.270. The highest BCUT2D eigenvalue weighted by molar-refractivity contribution is 7.99. The van der Waals surface area contributed by atoms with E-state index in [1.54, 1.807) is 0 Å². The first-order chi connectivity index (χ1) is 7.18. The summed E-state index contributed by atoms with van der Waals surface area (Å²) in [5.74, 6) is 1.37. The van der Waals surface area contributed by atoms with Crippen molar-refractivity contribution in [2.24, 2.45) is 0 Å². The Morgan fingerprint density at radius 3 is 2.60 bits per heavy atom. The van der Waals surface area contributed by atoms with Crippen molar-refractivity contribution in [3.8, 4) is 0 Å². The van der Waals surface area contributed by atoms with E-state index in [2.05, 4.69) is 43.2 Å². The largest absolute Gasteiger partial charge is 0.313 e. The van der Waals surface area contributed by atoms with E-state index in [1.807, 2.05) is 0 Å². The third kappa shape index (κ3) is 6.44. The first-order valence-electron chi connectivity index (χ1n) is 6.27. The zero-order chi connectivity index (χ0) is 11.1. The molecule has 2 atom stereocenters. The van der Waals surface area contributed by atoms with Gasteiger partial charge in [-0.25, -0.2) is 0 Å². The van der Waals surface area contributed by atoms with E-state index in [9.17, 15) is 0 Å². The molecule has 1 aliphatic heterocycles. The highest BCUT2D eigenvalue weighted by Gasteiger charge is 2.14. The monoisotopic (exact) mass is 230 g/mol. The molecule has 2 unspecified atom stereocenters. The molecule has 2 N–H and O–H groups in total. The minimum Gasteiger partial charge on any atom is -0.313 e. The van der Waals surface area contributed by atoms with Crippen molar-refractivity contribution in [1.82, 2.24) is 10.6 Å². The van der Waals surface area contributed by atoms with E-state index < -0.39 is 0 Å². The van der Waals surface area contributed by atoms with E-state index in [-0.39, 0.29) is 0 Å². The Bertz CT molecular complexity index is 156. The van der Waals surface area contributed by atoms with E-state index in [1.165, 1.54) is 31.6 Å². The summed E-state index contributed by atoms with van der Waals surface area (Å²) in [5, 5.41) is 7.95. The fraction of sp³-hybridized carbons (Fsp3) is 1.00. The summed E-state index contributed by atoms with van der Waals surface area (Å²) in [6.45, 7) is 8.93. The lowest BCUT2D eigenvalue weighted by atomic mass is 10.2. The third-order valence-electron chi connectivity index (χ3n) is 2.80. The predicted octanol–water partition coefficient (Wildman–Crippen LogP) is 2.25. The first-order valence-corrected chi connectivity index (χ1v) is 7.31. The van der Waals surface area contributed by atoms with Crippen molar-refractivity contribution in [1.29, 1.82) is 0 Å². The van der Waals surface area contributed by atoms with Gasteiger partial charge in [0.05, 0.1) is 0 Å². The minimum atomic E-state index is 0.593. The zero-order valence-corrected chi connectivity index (χ0v) is 11.2. The third-order valence-corrected chi connectivity index (χ3v) is 4.20. The van der Waals surface area contributed by atoms with Crippen LogP contribution in [0.2, 0.25) is 0 Å². The van der Waals surface area contributed by atoms with Crippen LogP contribution in [0.15, 0.2) is 0 Å². The van der Waals surface area contributed by atoms with Gasteiger partial charge in [-0.3, -0.25) is 0 Å². The first kappa shape index (κ1) is 13.3. The van der Waals surface area contributed by atoms with Gasteiger partial charge in [-0.15, -0.1) is 0 Å². The molecule has 0 aromatic carbocycles. The zero-order valence-electron chi connectivity index (χ0n) is 10.4. The number of thioether (sulfide) groups is 1. The lowest BCUT2D eigenvalue weighted by molar-refractivity contribution is 0.466. The van der Waals surface area contributed by atoms with Crippen molar-refractivity contribution in [2.75, 3.05) is 18.8 Å². The van der Waals surface area contributed by atoms with Crippen LogP contribution in [0, 0.1) is 0 Å². The topological polar surface area (TPSA) is 24.1 Å². The molecular formula is C12H26N2S. The van der Waals surface area contributed by atoms with Gasteiger partial charge in [0.25, 0.3) is 0 Å². The number of rotatable bonds is 6. The van der Waals surface area contributed by atoms with Crippen LogP contribution >= 0.6 is 11.8 Å². The summed E-state index contributed by atoms with van der Waals surface area (Å²) >= 11 is 2.15. The molecule has 2 nitrogen and oxygen atoms in total. The second-order valence-electron chi connectivity index (χ2n) is 4.86. The van der Waals surface area contributed by atoms with Crippen molar-refractivity contribution in [3.05, 3.63) is 0 Å². The van der Waals surface area contributed by atoms with Crippen LogP contribution in [-0.4, -0.2) is 36.2 Å². The second kappa shape index (κ2) is 7.53. The van der Waals surface area contributed by atoms with Crippen LogP contribution in [0.3, 0.4) is 0 Å². The molecule has 0 aromatic rings. The highest BCUT2D eigenvalue weighted by Crippen LogP contribution is 2.24. The summed E-state index contributed by atoms with van der Waals surface area (Å²) < 4.78 is 0. The van der Waals surface area contributed by atoms with Crippen molar-refractivity contribution in [3.63, 3.8) is 0 Å². The molecule has 1 rings (SSSR count). The van der Waals surface area contributed by atoms with E-state index in [4.69, 9.17) is 0 Å². The predicted molar refractivity (Wildman–Crippen MR) is 70.7 cm³/mol. The van der Waals surface area contributed by atoms with Gasteiger partial charge in [-0.1, -0.05) is 20.3 Å². The molecule has 0 bridgehead atoms. The summed E-state index contributed by atoms with van der Waals surface area (Å²) in [7, 11) is 0. The van der Waals surface area contributed by atoms with E-state index >= 15 is 0 Å². The molecule has 1 aliphatic rings. The average molecular weight is 230 g/mol. The summed E-state index contributed by atoms with van der Waals surface area (Å²) in [4.78, 5) is 0. The Kier molecular flexibility index (Phi) is 6.69. The summed E-state index contributed by atoms with van der Waals surface area (Å²) in [5.41, 5.74) is 0. The molecule has 1 heterocycles. The lowest BCUT2D eigenvalue weighted by Gasteiger charge is -2.24. The normalized spacial score (nSPS) is 24.4. The highest BCUT2D eigenvalue weighted by atomic mass is 32.2. The average Bonchev–Trinajstić information content (AvgIpc) is 2.25. The Morgan fingerprint density at radius 2 is 2.00 bits per heavy atom. The molecule has 0 amide bonds. The van der Waals surface area contributed by atoms with Crippen LogP contribution in [0.4, 0.5) is 0 Å². The maximum atomic E-state index is 3.62. The lowest BCUT2D eigenvalue weighted by Crippen LogP contribution is -2.41. The van der Waals surface area contributed by atoms with E-state index in [0.29, 0.717) is 12.1 Å². The van der Waals surface area contributed by atoms with Gasteiger partial charge in [0.2, 0.25) is 0 Å². The van der Waals surface area contributed by atoms with Crippen LogP contribution in [0.25, 0.3) is 0 Å². The SMILES string of the molecule is CC(C)NCC(C)NCC1CCCCS1. The Labute approximate surface area is 99.0 Å². The van der Waals surface area contributed by atoms with Gasteiger partial charge in [-0.2, -0.15) is 11.8 Å². The molecule has 1 saturated heterocycles. The van der Waals surface area contributed by atoms with Gasteiger partial charge in [0, 0.05) is 30.4 Å². The molecule has 0 spiro atoms. The minimum absolute atomic E-state index is 0.593. The van der Waals surface area contributed by atoms with Crippen LogP contribution < -0.4 is 10.6 Å².